The van der Waals surface area contributed by atoms with Gasteiger partial charge in [0.1, 0.15) is 23.6 Å². The van der Waals surface area contributed by atoms with Gasteiger partial charge in [-0.05, 0) is 19.9 Å². The van der Waals surface area contributed by atoms with Crippen LogP contribution >= 0.6 is 0 Å². The number of nitrogens with zero attached hydrogens (tertiary/aromatic N) is 2. The zero-order valence-corrected chi connectivity index (χ0v) is 10.9. The topological polar surface area (TPSA) is 27.1 Å². The maximum Gasteiger partial charge on any atom is 0.137 e. The first-order chi connectivity index (χ1) is 9.11. The zero-order chi connectivity index (χ0) is 13.8. The highest BCUT2D eigenvalue weighted by atomic mass is 19.1. The molecule has 0 aliphatic heterocycles. The van der Waals surface area contributed by atoms with E-state index in [9.17, 15) is 8.78 Å². The van der Waals surface area contributed by atoms with Crippen LogP contribution in [0.1, 0.15) is 31.3 Å². The Hall–Kier alpha value is -1.75. The highest BCUT2D eigenvalue weighted by Crippen LogP contribution is 2.17. The lowest BCUT2D eigenvalue weighted by molar-refractivity contribution is 0.0677. The van der Waals surface area contributed by atoms with Crippen molar-refractivity contribution in [1.29, 1.82) is 0 Å². The highest BCUT2D eigenvalue weighted by molar-refractivity contribution is 5.19. The summed E-state index contributed by atoms with van der Waals surface area (Å²) in [5, 5.41) is 0. The SMILES string of the molecule is CCO[C@H](C)c1nccn1Cc1ccc(F)cc1F. The van der Waals surface area contributed by atoms with Gasteiger partial charge >= 0.3 is 0 Å². The van der Waals surface area contributed by atoms with Gasteiger partial charge in [0.2, 0.25) is 0 Å². The standard InChI is InChI=1S/C14H16F2N2O/c1-3-19-10(2)14-17-6-7-18(14)9-11-4-5-12(15)8-13(11)16/h4-8,10H,3,9H2,1-2H3/t10-/m1/s1. The molecule has 0 unspecified atom stereocenters. The summed E-state index contributed by atoms with van der Waals surface area (Å²) >= 11 is 0. The molecule has 0 N–H and O–H groups in total. The Morgan fingerprint density at radius 3 is 2.84 bits per heavy atom. The summed E-state index contributed by atoms with van der Waals surface area (Å²) in [4.78, 5) is 4.22. The predicted octanol–water partition coefficient (Wildman–Crippen LogP) is 3.31. The molecule has 0 bridgehead atoms. The van der Waals surface area contributed by atoms with E-state index in [1.165, 1.54) is 12.1 Å². The van der Waals surface area contributed by atoms with E-state index in [1.807, 2.05) is 13.8 Å². The first kappa shape index (κ1) is 13.7. The molecule has 0 saturated heterocycles. The Bertz CT molecular complexity index is 554. The number of ether oxygens (including phenoxy) is 1. The summed E-state index contributed by atoms with van der Waals surface area (Å²) in [5.74, 6) is -0.399. The van der Waals surface area contributed by atoms with E-state index < -0.39 is 11.6 Å². The average Bonchev–Trinajstić information content (AvgIpc) is 2.81. The molecule has 0 saturated carbocycles. The second-order valence-corrected chi connectivity index (χ2v) is 4.25. The number of hydrogen-bond donors (Lipinski definition) is 0. The zero-order valence-electron chi connectivity index (χ0n) is 10.9. The highest BCUT2D eigenvalue weighted by Gasteiger charge is 2.13. The maximum absolute atomic E-state index is 13.6. The Labute approximate surface area is 110 Å². The van der Waals surface area contributed by atoms with Crippen LogP contribution in [0.5, 0.6) is 0 Å². The maximum atomic E-state index is 13.6. The van der Waals surface area contributed by atoms with Crippen LogP contribution in [-0.2, 0) is 11.3 Å². The van der Waals surface area contributed by atoms with Gasteiger partial charge in [0.15, 0.2) is 0 Å². The number of halogens is 2. The van der Waals surface area contributed by atoms with Crippen molar-refractivity contribution < 1.29 is 13.5 Å². The van der Waals surface area contributed by atoms with E-state index in [0.29, 0.717) is 18.7 Å². The van der Waals surface area contributed by atoms with Gasteiger partial charge < -0.3 is 9.30 Å². The van der Waals surface area contributed by atoms with Crippen LogP contribution in [0.15, 0.2) is 30.6 Å². The molecule has 0 aliphatic carbocycles. The molecule has 0 aliphatic rings. The summed E-state index contributed by atoms with van der Waals surface area (Å²) < 4.78 is 33.8. The Morgan fingerprint density at radius 2 is 2.16 bits per heavy atom. The largest absolute Gasteiger partial charge is 0.371 e. The molecular formula is C14H16F2N2O. The molecule has 2 rings (SSSR count). The molecule has 3 nitrogen and oxygen atoms in total. The van der Waals surface area contributed by atoms with Gasteiger partial charge in [0.25, 0.3) is 0 Å². The molecule has 1 atom stereocenters. The molecule has 1 heterocycles. The third kappa shape index (κ3) is 3.17. The molecule has 2 aromatic rings. The lowest BCUT2D eigenvalue weighted by atomic mass is 10.2. The van der Waals surface area contributed by atoms with E-state index >= 15 is 0 Å². The number of imidazole rings is 1. The van der Waals surface area contributed by atoms with Crippen molar-refractivity contribution in [2.24, 2.45) is 0 Å². The fourth-order valence-electron chi connectivity index (χ4n) is 1.97. The molecule has 0 radical (unpaired) electrons. The normalized spacial score (nSPS) is 12.6. The van der Waals surface area contributed by atoms with Gasteiger partial charge in [0.05, 0.1) is 6.54 Å². The molecule has 0 spiro atoms. The summed E-state index contributed by atoms with van der Waals surface area (Å²) in [7, 11) is 0. The second-order valence-electron chi connectivity index (χ2n) is 4.25. The fourth-order valence-corrected chi connectivity index (χ4v) is 1.97. The lowest BCUT2D eigenvalue weighted by Crippen LogP contribution is -2.11. The lowest BCUT2D eigenvalue weighted by Gasteiger charge is -2.14. The number of aromatic nitrogens is 2. The van der Waals surface area contributed by atoms with Crippen LogP contribution in [0.2, 0.25) is 0 Å². The van der Waals surface area contributed by atoms with Gasteiger partial charge in [-0.3, -0.25) is 0 Å². The van der Waals surface area contributed by atoms with E-state index in [4.69, 9.17) is 4.74 Å². The Balaban J connectivity index is 2.21. The minimum atomic E-state index is -0.574. The quantitative estimate of drug-likeness (QED) is 0.830. The van der Waals surface area contributed by atoms with Crippen molar-refractivity contribution in [2.45, 2.75) is 26.5 Å². The summed E-state index contributed by atoms with van der Waals surface area (Å²) in [6, 6.07) is 3.58. The summed E-state index contributed by atoms with van der Waals surface area (Å²) in [5.41, 5.74) is 0.421. The predicted molar refractivity (Wildman–Crippen MR) is 67.7 cm³/mol. The van der Waals surface area contributed by atoms with Crippen LogP contribution in [0.3, 0.4) is 0 Å². The van der Waals surface area contributed by atoms with Gasteiger partial charge in [-0.2, -0.15) is 0 Å². The molecule has 0 amide bonds. The van der Waals surface area contributed by atoms with Crippen molar-refractivity contribution in [3.8, 4) is 0 Å². The molecule has 102 valence electrons. The van der Waals surface area contributed by atoms with Crippen LogP contribution in [-0.4, -0.2) is 16.2 Å². The number of rotatable bonds is 5. The van der Waals surface area contributed by atoms with Gasteiger partial charge in [-0.15, -0.1) is 0 Å². The Kier molecular flexibility index (Phi) is 4.27. The second kappa shape index (κ2) is 5.93. The third-order valence-corrected chi connectivity index (χ3v) is 2.88. The minimum absolute atomic E-state index is 0.163. The molecule has 1 aromatic carbocycles. The van der Waals surface area contributed by atoms with Crippen molar-refractivity contribution in [2.75, 3.05) is 6.61 Å². The molecule has 0 fully saturated rings. The van der Waals surface area contributed by atoms with Gasteiger partial charge in [0, 0.05) is 30.6 Å². The van der Waals surface area contributed by atoms with Gasteiger partial charge in [-0.25, -0.2) is 13.8 Å². The van der Waals surface area contributed by atoms with E-state index in [2.05, 4.69) is 4.98 Å². The summed E-state index contributed by atoms with van der Waals surface area (Å²) in [6.07, 6.45) is 3.24. The number of benzene rings is 1. The van der Waals surface area contributed by atoms with Gasteiger partial charge in [-0.1, -0.05) is 6.07 Å². The van der Waals surface area contributed by atoms with Crippen molar-refractivity contribution in [3.05, 3.63) is 53.6 Å². The van der Waals surface area contributed by atoms with Crippen LogP contribution in [0.25, 0.3) is 0 Å². The van der Waals surface area contributed by atoms with Crippen molar-refractivity contribution in [1.82, 2.24) is 9.55 Å². The number of hydrogen-bond acceptors (Lipinski definition) is 2. The van der Waals surface area contributed by atoms with Crippen LogP contribution in [0, 0.1) is 11.6 Å². The van der Waals surface area contributed by atoms with E-state index in [-0.39, 0.29) is 6.10 Å². The molecular weight excluding hydrogens is 250 g/mol. The molecule has 5 heteroatoms. The molecule has 1 aromatic heterocycles. The first-order valence-electron chi connectivity index (χ1n) is 6.18. The fraction of sp³-hybridized carbons (Fsp3) is 0.357. The monoisotopic (exact) mass is 266 g/mol. The minimum Gasteiger partial charge on any atom is -0.371 e. The van der Waals surface area contributed by atoms with Crippen LogP contribution < -0.4 is 0 Å². The van der Waals surface area contributed by atoms with E-state index in [0.717, 1.165) is 11.9 Å². The van der Waals surface area contributed by atoms with E-state index in [1.54, 1.807) is 17.0 Å². The first-order valence-corrected chi connectivity index (χ1v) is 6.18. The average molecular weight is 266 g/mol. The smallest absolute Gasteiger partial charge is 0.137 e. The summed E-state index contributed by atoms with van der Waals surface area (Å²) in [6.45, 7) is 4.69. The Morgan fingerprint density at radius 1 is 1.37 bits per heavy atom. The van der Waals surface area contributed by atoms with Crippen molar-refractivity contribution >= 4 is 0 Å². The third-order valence-electron chi connectivity index (χ3n) is 2.88. The van der Waals surface area contributed by atoms with Crippen LogP contribution in [0.4, 0.5) is 8.78 Å². The molecule has 19 heavy (non-hydrogen) atoms. The van der Waals surface area contributed by atoms with Crippen molar-refractivity contribution in [3.63, 3.8) is 0 Å².